The third kappa shape index (κ3) is 8.69. The molecule has 4 aromatic heterocycles. The van der Waals surface area contributed by atoms with Crippen molar-refractivity contribution in [2.24, 2.45) is 0 Å². The summed E-state index contributed by atoms with van der Waals surface area (Å²) >= 11 is 1.64. The highest BCUT2D eigenvalue weighted by Crippen LogP contribution is 2.44. The van der Waals surface area contributed by atoms with Crippen LogP contribution in [0.15, 0.2) is 61.1 Å². The number of rotatable bonds is 10. The standard InChI is InChI=1S/C54H62N10O6S/c1-31-24-35(17-20-61(31)36-10-12-39-34(25-36)30-64(52(39)67)43-13-15-46(65)59-50(43)66)60-22-23-62(32(2)29-60)37-11-14-45(56-28-37)58-42-26-33(27-57-51(42)70-5)38-16-19-55-49(47(38)54(3,4)69)63-21-18-41-40-8-6-7-9-44(40)71-48(41)53(63)68/h10-12,14,16,19,25-28,31-32,35,43,69H,6-9,13,15,17-18,20-24,29-30H2,1-5H3,(H,56,58)(H,59,65,66)/t31-,32+,35?,43+/m1/s1. The van der Waals surface area contributed by atoms with Gasteiger partial charge < -0.3 is 29.9 Å². The summed E-state index contributed by atoms with van der Waals surface area (Å²) in [4.78, 5) is 79.2. The van der Waals surface area contributed by atoms with Gasteiger partial charge in [-0.15, -0.1) is 11.3 Å². The molecule has 16 nitrogen and oxygen atoms in total. The molecule has 1 aromatic carbocycles. The number of pyridine rings is 3. The summed E-state index contributed by atoms with van der Waals surface area (Å²) in [5.41, 5.74) is 7.60. The predicted molar refractivity (Wildman–Crippen MR) is 274 cm³/mol. The Labute approximate surface area is 418 Å². The summed E-state index contributed by atoms with van der Waals surface area (Å²) in [6.07, 6.45) is 13.2. The molecule has 0 spiro atoms. The van der Waals surface area contributed by atoms with Crippen LogP contribution in [0.2, 0.25) is 0 Å². The number of aromatic nitrogens is 3. The second-order valence-electron chi connectivity index (χ2n) is 20.6. The second-order valence-corrected chi connectivity index (χ2v) is 21.8. The first-order chi connectivity index (χ1) is 34.2. The highest BCUT2D eigenvalue weighted by Gasteiger charge is 2.41. The first-order valence-corrected chi connectivity index (χ1v) is 26.0. The molecule has 17 heteroatoms. The summed E-state index contributed by atoms with van der Waals surface area (Å²) in [7, 11) is 1.58. The van der Waals surface area contributed by atoms with E-state index in [0.29, 0.717) is 65.9 Å². The number of hydrogen-bond donors (Lipinski definition) is 3. The Morgan fingerprint density at radius 2 is 1.62 bits per heavy atom. The van der Waals surface area contributed by atoms with E-state index in [4.69, 9.17) is 14.7 Å². The number of piperidine rings is 2. The third-order valence-electron chi connectivity index (χ3n) is 15.7. The number of nitrogens with zero attached hydrogens (tertiary/aromatic N) is 8. The highest BCUT2D eigenvalue weighted by molar-refractivity contribution is 7.14. The number of benzene rings is 1. The van der Waals surface area contributed by atoms with Crippen molar-refractivity contribution in [2.45, 2.75) is 122 Å². The van der Waals surface area contributed by atoms with E-state index in [1.165, 1.54) is 22.4 Å². The van der Waals surface area contributed by atoms with Gasteiger partial charge in [0.25, 0.3) is 11.8 Å². The molecule has 4 amide bonds. The van der Waals surface area contributed by atoms with Crippen molar-refractivity contribution < 1.29 is 29.0 Å². The number of nitrogens with one attached hydrogen (secondary N) is 2. The first-order valence-electron chi connectivity index (χ1n) is 25.2. The number of amides is 4. The van der Waals surface area contributed by atoms with Gasteiger partial charge in [0.2, 0.25) is 17.7 Å². The van der Waals surface area contributed by atoms with Gasteiger partial charge in [0.05, 0.1) is 29.5 Å². The molecule has 0 bridgehead atoms. The van der Waals surface area contributed by atoms with Crippen LogP contribution in [0.4, 0.5) is 28.7 Å². The van der Waals surface area contributed by atoms with Gasteiger partial charge in [0.15, 0.2) is 0 Å². The van der Waals surface area contributed by atoms with Gasteiger partial charge in [-0.1, -0.05) is 0 Å². The smallest absolute Gasteiger partial charge is 0.269 e. The number of thiophene rings is 1. The van der Waals surface area contributed by atoms with E-state index >= 15 is 0 Å². The highest BCUT2D eigenvalue weighted by atomic mass is 32.1. The number of imide groups is 1. The van der Waals surface area contributed by atoms with Crippen molar-refractivity contribution in [3.63, 3.8) is 0 Å². The Kier molecular flexibility index (Phi) is 12.3. The van der Waals surface area contributed by atoms with Crippen molar-refractivity contribution in [3.05, 3.63) is 98.6 Å². The molecule has 3 saturated heterocycles. The molecule has 11 rings (SSSR count). The molecule has 71 heavy (non-hydrogen) atoms. The van der Waals surface area contributed by atoms with Crippen LogP contribution in [-0.2, 0) is 41.0 Å². The minimum Gasteiger partial charge on any atom is -0.480 e. The van der Waals surface area contributed by atoms with Crippen molar-refractivity contribution in [1.29, 1.82) is 0 Å². The van der Waals surface area contributed by atoms with Gasteiger partial charge in [0, 0.05) is 103 Å². The number of ether oxygens (including phenoxy) is 1. The quantitative estimate of drug-likeness (QED) is 0.122. The molecule has 6 aliphatic rings. The number of methoxy groups -OCH3 is 1. The Bertz CT molecular complexity index is 2930. The molecule has 9 heterocycles. The molecule has 3 N–H and O–H groups in total. The molecule has 5 aliphatic heterocycles. The summed E-state index contributed by atoms with van der Waals surface area (Å²) in [5, 5.41) is 17.6. The van der Waals surface area contributed by atoms with Gasteiger partial charge in [-0.2, -0.15) is 0 Å². The van der Waals surface area contributed by atoms with E-state index in [2.05, 4.69) is 56.3 Å². The largest absolute Gasteiger partial charge is 0.480 e. The molecular formula is C54H62N10O6S. The Morgan fingerprint density at radius 1 is 0.803 bits per heavy atom. The van der Waals surface area contributed by atoms with Gasteiger partial charge in [-0.05, 0) is 144 Å². The van der Waals surface area contributed by atoms with E-state index in [1.54, 1.807) is 54.5 Å². The van der Waals surface area contributed by atoms with Crippen LogP contribution in [0, 0.1) is 0 Å². The summed E-state index contributed by atoms with van der Waals surface area (Å²) < 4.78 is 5.72. The fraction of sp³-hybridized carbons (Fsp3) is 0.463. The lowest BCUT2D eigenvalue weighted by atomic mass is 9.89. The normalized spacial score (nSPS) is 22.8. The second kappa shape index (κ2) is 18.6. The van der Waals surface area contributed by atoms with E-state index < -0.39 is 17.6 Å². The minimum absolute atomic E-state index is 0.0497. The van der Waals surface area contributed by atoms with Gasteiger partial charge >= 0.3 is 0 Å². The zero-order valence-corrected chi connectivity index (χ0v) is 42.0. The summed E-state index contributed by atoms with van der Waals surface area (Å²) in [6, 6.07) is 14.4. The van der Waals surface area contributed by atoms with Crippen LogP contribution in [0.1, 0.15) is 113 Å². The number of piperazine rings is 1. The fourth-order valence-corrected chi connectivity index (χ4v) is 13.5. The van der Waals surface area contributed by atoms with Crippen LogP contribution in [0.5, 0.6) is 5.88 Å². The third-order valence-corrected chi connectivity index (χ3v) is 17.0. The number of carbonyl (C=O) groups excluding carboxylic acids is 4. The topological polar surface area (TPSA) is 177 Å². The van der Waals surface area contributed by atoms with Gasteiger partial charge in [-0.25, -0.2) is 15.0 Å². The van der Waals surface area contributed by atoms with Crippen LogP contribution < -0.4 is 30.1 Å². The van der Waals surface area contributed by atoms with E-state index in [-0.39, 0.29) is 30.2 Å². The monoisotopic (exact) mass is 978 g/mol. The van der Waals surface area contributed by atoms with Gasteiger partial charge in [-0.3, -0.25) is 34.3 Å². The maximum absolute atomic E-state index is 14.2. The van der Waals surface area contributed by atoms with Crippen LogP contribution in [0.3, 0.4) is 0 Å². The molecule has 4 atom stereocenters. The van der Waals surface area contributed by atoms with Crippen molar-refractivity contribution in [3.8, 4) is 17.0 Å². The number of fused-ring (bicyclic) bond motifs is 4. The van der Waals surface area contributed by atoms with E-state index in [1.807, 2.05) is 36.5 Å². The maximum atomic E-state index is 14.2. The van der Waals surface area contributed by atoms with Crippen LogP contribution in [0.25, 0.3) is 11.1 Å². The van der Waals surface area contributed by atoms with Gasteiger partial charge in [0.1, 0.15) is 23.4 Å². The zero-order chi connectivity index (χ0) is 49.3. The van der Waals surface area contributed by atoms with Crippen molar-refractivity contribution in [1.82, 2.24) is 30.1 Å². The zero-order valence-electron chi connectivity index (χ0n) is 41.2. The molecule has 3 fully saturated rings. The molecule has 370 valence electrons. The molecular weight excluding hydrogens is 917 g/mol. The van der Waals surface area contributed by atoms with E-state index in [9.17, 15) is 24.3 Å². The number of carbonyl (C=O) groups is 4. The average molecular weight is 979 g/mol. The lowest BCUT2D eigenvalue weighted by Gasteiger charge is -2.48. The molecule has 1 unspecified atom stereocenters. The summed E-state index contributed by atoms with van der Waals surface area (Å²) in [6.45, 7) is 12.6. The molecule has 0 radical (unpaired) electrons. The average Bonchev–Trinajstić information content (AvgIpc) is 3.91. The number of hydrogen-bond acceptors (Lipinski definition) is 14. The molecule has 0 saturated carbocycles. The minimum atomic E-state index is -1.33. The molecule has 5 aromatic rings. The Balaban J connectivity index is 0.736. The van der Waals surface area contributed by atoms with Crippen LogP contribution in [-0.4, -0.2) is 117 Å². The SMILES string of the molecule is COc1ncc(-c2ccnc(N3CCc4c(sc5c4CCCC5)C3=O)c2C(C)(C)O)cc1Nc1ccc(N2CCN(C3CCN(c4ccc5c(c4)CN([C@H]4CCC(=O)NC4=O)C5=O)[C@H](C)C3)C[C@@H]2C)cn1. The number of aliphatic hydroxyl groups is 1. The van der Waals surface area contributed by atoms with E-state index in [0.717, 1.165) is 97.6 Å². The van der Waals surface area contributed by atoms with Crippen molar-refractivity contribution in [2.75, 3.05) is 59.9 Å². The fourth-order valence-electron chi connectivity index (χ4n) is 12.1. The summed E-state index contributed by atoms with van der Waals surface area (Å²) in [5.74, 6) is 0.616. The maximum Gasteiger partial charge on any atom is 0.269 e. The number of aryl methyl sites for hydroxylation is 1. The molecule has 1 aliphatic carbocycles. The van der Waals surface area contributed by atoms with Crippen molar-refractivity contribution >= 4 is 63.7 Å². The first kappa shape index (κ1) is 46.9. The number of anilines is 5. The van der Waals surface area contributed by atoms with Crippen LogP contribution >= 0.6 is 11.3 Å². The lowest BCUT2D eigenvalue weighted by molar-refractivity contribution is -0.136. The predicted octanol–water partition coefficient (Wildman–Crippen LogP) is 6.99. The Morgan fingerprint density at radius 3 is 2.38 bits per heavy atom. The lowest BCUT2D eigenvalue weighted by Crippen LogP contribution is -2.58. The Hall–Kier alpha value is -6.43.